The second kappa shape index (κ2) is 7.06. The molecule has 0 atom stereocenters. The number of unbranched alkanes of at least 4 members (excludes halogenated alkanes) is 1. The summed E-state index contributed by atoms with van der Waals surface area (Å²) < 4.78 is 0. The molecule has 0 saturated heterocycles. The Bertz CT molecular complexity index is 447. The molecule has 0 aliphatic heterocycles. The first-order valence-electron chi connectivity index (χ1n) is 7.04. The highest BCUT2D eigenvalue weighted by Gasteiger charge is 2.24. The van der Waals surface area contributed by atoms with E-state index in [0.717, 1.165) is 29.0 Å². The van der Waals surface area contributed by atoms with Gasteiger partial charge in [0.2, 0.25) is 0 Å². The van der Waals surface area contributed by atoms with Crippen molar-refractivity contribution in [1.82, 2.24) is 0 Å². The largest absolute Gasteiger partial charge is 0.0843 e. The predicted octanol–water partition coefficient (Wildman–Crippen LogP) is 5.31. The quantitative estimate of drug-likeness (QED) is 0.629. The van der Waals surface area contributed by atoms with Crippen molar-refractivity contribution in [3.05, 3.63) is 47.6 Å². The Morgan fingerprint density at radius 3 is 1.95 bits per heavy atom. The predicted molar refractivity (Wildman–Crippen MR) is 91.9 cm³/mol. The van der Waals surface area contributed by atoms with Crippen LogP contribution in [0.5, 0.6) is 0 Å². The molecule has 2 heteroatoms. The van der Waals surface area contributed by atoms with E-state index in [-0.39, 0.29) is 0 Å². The molecule has 0 heterocycles. The van der Waals surface area contributed by atoms with Gasteiger partial charge in [-0.2, -0.15) is 0 Å². The molecule has 19 heavy (non-hydrogen) atoms. The Kier molecular flexibility index (Phi) is 5.41. The minimum absolute atomic E-state index is 0.398. The highest BCUT2D eigenvalue weighted by atomic mass is 32.1. The minimum atomic E-state index is 0.398. The molecule has 0 nitrogen and oxygen atoms in total. The van der Waals surface area contributed by atoms with Gasteiger partial charge in [-0.25, -0.2) is 0 Å². The van der Waals surface area contributed by atoms with E-state index >= 15 is 0 Å². The molecular formula is C17H20S2. The van der Waals surface area contributed by atoms with Gasteiger partial charge < -0.3 is 0 Å². The zero-order valence-corrected chi connectivity index (χ0v) is 13.0. The lowest BCUT2D eigenvalue weighted by Crippen LogP contribution is -2.20. The van der Waals surface area contributed by atoms with E-state index in [4.69, 9.17) is 24.4 Å². The Morgan fingerprint density at radius 1 is 1.00 bits per heavy atom. The average Bonchev–Trinajstić information content (AvgIpc) is 2.42. The summed E-state index contributed by atoms with van der Waals surface area (Å²) in [5.41, 5.74) is 2.63. The third-order valence-corrected chi connectivity index (χ3v) is 4.48. The van der Waals surface area contributed by atoms with Gasteiger partial charge in [-0.3, -0.25) is 0 Å². The fraction of sp³-hybridized carbons (Fsp3) is 0.412. The van der Waals surface area contributed by atoms with Gasteiger partial charge in [-0.1, -0.05) is 80.7 Å². The van der Waals surface area contributed by atoms with E-state index in [1.165, 1.54) is 24.0 Å². The molecule has 0 aromatic heterocycles. The van der Waals surface area contributed by atoms with Crippen LogP contribution in [-0.4, -0.2) is 9.73 Å². The Hall–Kier alpha value is -0.860. The second-order valence-corrected chi connectivity index (χ2v) is 6.04. The molecule has 0 N–H and O–H groups in total. The molecule has 2 aliphatic carbocycles. The molecule has 2 aliphatic rings. The maximum absolute atomic E-state index is 5.55. The number of thiocarbonyl (C=S) groups is 2. The molecule has 0 unspecified atom stereocenters. The maximum atomic E-state index is 5.55. The molecule has 0 saturated carbocycles. The first-order valence-corrected chi connectivity index (χ1v) is 7.85. The summed E-state index contributed by atoms with van der Waals surface area (Å²) in [4.78, 5) is 2.17. The third kappa shape index (κ3) is 3.58. The molecule has 0 aromatic carbocycles. The van der Waals surface area contributed by atoms with Gasteiger partial charge in [0.1, 0.15) is 0 Å². The topological polar surface area (TPSA) is 0 Å². The van der Waals surface area contributed by atoms with Crippen LogP contribution >= 0.6 is 24.4 Å². The summed E-state index contributed by atoms with van der Waals surface area (Å²) in [5.74, 6) is 0.398. The van der Waals surface area contributed by atoms with Crippen LogP contribution in [0.4, 0.5) is 0 Å². The van der Waals surface area contributed by atoms with E-state index < -0.39 is 0 Å². The van der Waals surface area contributed by atoms with Gasteiger partial charge in [-0.05, 0) is 17.6 Å². The summed E-state index contributed by atoms with van der Waals surface area (Å²) in [6.07, 6.45) is 18.3. The maximum Gasteiger partial charge on any atom is 0.0228 e. The van der Waals surface area contributed by atoms with Crippen molar-refractivity contribution >= 4 is 34.2 Å². The van der Waals surface area contributed by atoms with E-state index in [1.807, 2.05) is 0 Å². The lowest BCUT2D eigenvalue weighted by atomic mass is 9.79. The third-order valence-electron chi connectivity index (χ3n) is 3.67. The van der Waals surface area contributed by atoms with E-state index in [0.29, 0.717) is 5.92 Å². The summed E-state index contributed by atoms with van der Waals surface area (Å²) in [6.45, 7) is 2.23. The van der Waals surface area contributed by atoms with Crippen LogP contribution in [0.1, 0.15) is 39.0 Å². The monoisotopic (exact) mass is 288 g/mol. The van der Waals surface area contributed by atoms with Crippen molar-refractivity contribution in [2.75, 3.05) is 0 Å². The average molecular weight is 288 g/mol. The number of allylic oxidation sites excluding steroid dienone is 8. The first-order chi connectivity index (χ1) is 9.24. The Morgan fingerprint density at radius 2 is 1.53 bits per heavy atom. The van der Waals surface area contributed by atoms with Crippen LogP contribution in [0.25, 0.3) is 0 Å². The van der Waals surface area contributed by atoms with Crippen LogP contribution in [-0.2, 0) is 0 Å². The van der Waals surface area contributed by atoms with Gasteiger partial charge in [-0.15, -0.1) is 0 Å². The lowest BCUT2D eigenvalue weighted by molar-refractivity contribution is 0.619. The summed E-state index contributed by atoms with van der Waals surface area (Å²) in [6, 6.07) is 0. The number of hydrogen-bond acceptors (Lipinski definition) is 2. The fourth-order valence-corrected chi connectivity index (χ4v) is 3.24. The minimum Gasteiger partial charge on any atom is -0.0843 e. The lowest BCUT2D eigenvalue weighted by Gasteiger charge is -2.26. The smallest absolute Gasteiger partial charge is 0.0228 e. The highest BCUT2D eigenvalue weighted by molar-refractivity contribution is 7.81. The van der Waals surface area contributed by atoms with Crippen LogP contribution in [0.15, 0.2) is 47.6 Å². The van der Waals surface area contributed by atoms with Crippen LogP contribution in [0.2, 0.25) is 0 Å². The first kappa shape index (κ1) is 14.5. The van der Waals surface area contributed by atoms with Crippen molar-refractivity contribution in [1.29, 1.82) is 0 Å². The van der Waals surface area contributed by atoms with Gasteiger partial charge in [0.25, 0.3) is 0 Å². The Labute approximate surface area is 127 Å². The van der Waals surface area contributed by atoms with E-state index in [9.17, 15) is 0 Å². The van der Waals surface area contributed by atoms with Crippen LogP contribution < -0.4 is 0 Å². The standard InChI is InChI=1S/C17H20S2/c1-2-3-8-13(14-9-4-6-11-16(14)18)15-10-5-7-12-17(15)19/h4-7,9-10,13H,2-3,8,11-12H2,1H3. The van der Waals surface area contributed by atoms with Gasteiger partial charge in [0, 0.05) is 28.5 Å². The van der Waals surface area contributed by atoms with Crippen molar-refractivity contribution in [2.24, 2.45) is 5.92 Å². The van der Waals surface area contributed by atoms with Crippen molar-refractivity contribution in [3.8, 4) is 0 Å². The summed E-state index contributed by atoms with van der Waals surface area (Å²) in [7, 11) is 0. The molecule has 0 aromatic rings. The normalized spacial score (nSPS) is 18.8. The molecular weight excluding hydrogens is 268 g/mol. The Balaban J connectivity index is 2.30. The molecule has 0 fully saturated rings. The van der Waals surface area contributed by atoms with Crippen LogP contribution in [0.3, 0.4) is 0 Å². The van der Waals surface area contributed by atoms with Crippen molar-refractivity contribution in [2.45, 2.75) is 39.0 Å². The molecule has 0 radical (unpaired) electrons. The van der Waals surface area contributed by atoms with Crippen molar-refractivity contribution in [3.63, 3.8) is 0 Å². The van der Waals surface area contributed by atoms with Gasteiger partial charge >= 0.3 is 0 Å². The summed E-state index contributed by atoms with van der Waals surface area (Å²) >= 11 is 11.1. The molecule has 100 valence electrons. The molecule has 2 rings (SSSR count). The van der Waals surface area contributed by atoms with E-state index in [1.54, 1.807) is 0 Å². The second-order valence-electron chi connectivity index (χ2n) is 5.05. The van der Waals surface area contributed by atoms with Crippen LogP contribution in [0, 0.1) is 5.92 Å². The van der Waals surface area contributed by atoms with E-state index in [2.05, 4.69) is 43.4 Å². The summed E-state index contributed by atoms with van der Waals surface area (Å²) in [5, 5.41) is 0. The number of rotatable bonds is 5. The van der Waals surface area contributed by atoms with Gasteiger partial charge in [0.15, 0.2) is 0 Å². The highest BCUT2D eigenvalue weighted by Crippen LogP contribution is 2.33. The zero-order chi connectivity index (χ0) is 13.7. The number of hydrogen-bond donors (Lipinski definition) is 0. The zero-order valence-electron chi connectivity index (χ0n) is 11.4. The fourth-order valence-electron chi connectivity index (χ4n) is 2.62. The molecule has 0 bridgehead atoms. The van der Waals surface area contributed by atoms with Crippen molar-refractivity contribution < 1.29 is 0 Å². The molecule has 0 amide bonds. The SMILES string of the molecule is CCCCC(C1=CC=CCC1=S)C1=CC=CCC1=S. The van der Waals surface area contributed by atoms with Gasteiger partial charge in [0.05, 0.1) is 0 Å². The molecule has 0 spiro atoms.